The number of ether oxygens (including phenoxy) is 1. The first-order valence-corrected chi connectivity index (χ1v) is 9.03. The van der Waals surface area contributed by atoms with Crippen LogP contribution in [0.2, 0.25) is 0 Å². The molecule has 0 saturated carbocycles. The van der Waals surface area contributed by atoms with Crippen molar-refractivity contribution in [2.24, 2.45) is 0 Å². The second-order valence-corrected chi connectivity index (χ2v) is 7.11. The molecule has 0 aliphatic heterocycles. The zero-order valence-electron chi connectivity index (χ0n) is 14.5. The topological polar surface area (TPSA) is 64.3 Å². The lowest BCUT2D eigenvalue weighted by molar-refractivity contribution is 0.260. The molecule has 0 N–H and O–H groups in total. The molecular weight excluding hydrogens is 348 g/mol. The molecule has 2 heterocycles. The van der Waals surface area contributed by atoms with Crippen LogP contribution in [0.25, 0.3) is 21.6 Å². The van der Waals surface area contributed by atoms with E-state index < -0.39 is 0 Å². The Bertz CT molecular complexity index is 994. The Hall–Kier alpha value is -2.77. The summed E-state index contributed by atoms with van der Waals surface area (Å²) in [6.45, 7) is 1.29. The molecule has 26 heavy (non-hydrogen) atoms. The van der Waals surface area contributed by atoms with Gasteiger partial charge in [-0.3, -0.25) is 4.90 Å². The summed E-state index contributed by atoms with van der Waals surface area (Å²) in [7, 11) is 3.65. The van der Waals surface area contributed by atoms with Crippen LogP contribution in [-0.4, -0.2) is 34.2 Å². The highest BCUT2D eigenvalue weighted by Crippen LogP contribution is 2.24. The molecule has 132 valence electrons. The first-order valence-electron chi connectivity index (χ1n) is 8.21. The van der Waals surface area contributed by atoms with Crippen LogP contribution in [0.15, 0.2) is 53.1 Å². The van der Waals surface area contributed by atoms with Gasteiger partial charge in [-0.2, -0.15) is 4.98 Å². The molecular formula is C19H18N4O2S. The van der Waals surface area contributed by atoms with Crippen molar-refractivity contribution in [2.75, 3.05) is 14.2 Å². The van der Waals surface area contributed by atoms with Crippen molar-refractivity contribution < 1.29 is 9.26 Å². The van der Waals surface area contributed by atoms with Crippen molar-refractivity contribution in [1.29, 1.82) is 0 Å². The predicted octanol–water partition coefficient (Wildman–Crippen LogP) is 3.99. The quantitative estimate of drug-likeness (QED) is 0.514. The number of hydrogen-bond acceptors (Lipinski definition) is 7. The number of thiazole rings is 1. The number of para-hydroxylation sites is 1. The van der Waals surface area contributed by atoms with Crippen molar-refractivity contribution in [1.82, 2.24) is 20.0 Å². The van der Waals surface area contributed by atoms with Crippen LogP contribution in [0.5, 0.6) is 5.75 Å². The van der Waals surface area contributed by atoms with E-state index in [2.05, 4.69) is 26.1 Å². The van der Waals surface area contributed by atoms with Crippen LogP contribution >= 0.6 is 11.3 Å². The van der Waals surface area contributed by atoms with Gasteiger partial charge in [0.15, 0.2) is 0 Å². The van der Waals surface area contributed by atoms with E-state index in [1.807, 2.05) is 49.5 Å². The summed E-state index contributed by atoms with van der Waals surface area (Å²) < 4.78 is 11.8. The fourth-order valence-electron chi connectivity index (χ4n) is 2.70. The summed E-state index contributed by atoms with van der Waals surface area (Å²) in [5.74, 6) is 1.90. The number of fused-ring (bicyclic) bond motifs is 1. The second-order valence-electron chi connectivity index (χ2n) is 5.99. The summed E-state index contributed by atoms with van der Waals surface area (Å²) in [5, 5.41) is 5.15. The lowest BCUT2D eigenvalue weighted by atomic mass is 10.2. The number of benzene rings is 2. The van der Waals surface area contributed by atoms with E-state index in [4.69, 9.17) is 9.26 Å². The van der Waals surface area contributed by atoms with Gasteiger partial charge < -0.3 is 9.26 Å². The number of rotatable bonds is 6. The van der Waals surface area contributed by atoms with Gasteiger partial charge in [0.1, 0.15) is 10.8 Å². The number of nitrogens with zero attached hydrogens (tertiary/aromatic N) is 4. The molecule has 0 amide bonds. The molecule has 0 saturated heterocycles. The van der Waals surface area contributed by atoms with Crippen molar-refractivity contribution in [3.05, 3.63) is 59.4 Å². The molecule has 0 radical (unpaired) electrons. The van der Waals surface area contributed by atoms with E-state index in [-0.39, 0.29) is 0 Å². The van der Waals surface area contributed by atoms with Crippen LogP contribution in [0.1, 0.15) is 10.9 Å². The van der Waals surface area contributed by atoms with Gasteiger partial charge in [-0.15, -0.1) is 11.3 Å². The van der Waals surface area contributed by atoms with E-state index in [1.54, 1.807) is 18.4 Å². The fraction of sp³-hybridized carbons (Fsp3) is 0.211. The Morgan fingerprint density at radius 2 is 1.96 bits per heavy atom. The minimum Gasteiger partial charge on any atom is -0.497 e. The summed E-state index contributed by atoms with van der Waals surface area (Å²) in [6.07, 6.45) is 0. The highest BCUT2D eigenvalue weighted by Gasteiger charge is 2.13. The van der Waals surface area contributed by atoms with Crippen molar-refractivity contribution in [2.45, 2.75) is 13.1 Å². The van der Waals surface area contributed by atoms with Crippen LogP contribution < -0.4 is 4.74 Å². The van der Waals surface area contributed by atoms with Gasteiger partial charge in [0, 0.05) is 5.56 Å². The van der Waals surface area contributed by atoms with Gasteiger partial charge in [-0.1, -0.05) is 29.4 Å². The highest BCUT2D eigenvalue weighted by atomic mass is 32.1. The Labute approximate surface area is 155 Å². The zero-order valence-corrected chi connectivity index (χ0v) is 15.4. The second kappa shape index (κ2) is 7.23. The van der Waals surface area contributed by atoms with Crippen LogP contribution in [0.4, 0.5) is 0 Å². The molecule has 0 spiro atoms. The van der Waals surface area contributed by atoms with Crippen LogP contribution in [-0.2, 0) is 13.1 Å². The van der Waals surface area contributed by atoms with Crippen LogP contribution in [0.3, 0.4) is 0 Å². The summed E-state index contributed by atoms with van der Waals surface area (Å²) in [5.41, 5.74) is 1.91. The van der Waals surface area contributed by atoms with Crippen molar-refractivity contribution >= 4 is 21.6 Å². The van der Waals surface area contributed by atoms with Crippen molar-refractivity contribution in [3.63, 3.8) is 0 Å². The van der Waals surface area contributed by atoms with E-state index in [0.717, 1.165) is 28.4 Å². The average molecular weight is 366 g/mol. The normalized spacial score (nSPS) is 11.3. The van der Waals surface area contributed by atoms with Crippen LogP contribution in [0, 0.1) is 0 Å². The van der Waals surface area contributed by atoms with E-state index >= 15 is 0 Å². The van der Waals surface area contributed by atoms with E-state index in [0.29, 0.717) is 18.3 Å². The summed E-state index contributed by atoms with van der Waals surface area (Å²) >= 11 is 1.71. The Morgan fingerprint density at radius 3 is 2.81 bits per heavy atom. The van der Waals surface area contributed by atoms with Gasteiger partial charge in [-0.05, 0) is 31.3 Å². The smallest absolute Gasteiger partial charge is 0.241 e. The standard InChI is InChI=1S/C19H18N4O2S/c1-23(12-18-20-15-8-3-4-9-16(15)26-18)11-17-21-19(22-25-17)13-6-5-7-14(10-13)24-2/h3-10H,11-12H2,1-2H3. The van der Waals surface area contributed by atoms with Gasteiger partial charge in [-0.25, -0.2) is 4.98 Å². The molecule has 2 aromatic heterocycles. The first kappa shape index (κ1) is 16.7. The maximum atomic E-state index is 5.40. The van der Waals surface area contributed by atoms with Crippen molar-refractivity contribution in [3.8, 4) is 17.1 Å². The number of methoxy groups -OCH3 is 1. The molecule has 6 nitrogen and oxygen atoms in total. The maximum Gasteiger partial charge on any atom is 0.241 e. The Kier molecular flexibility index (Phi) is 4.64. The molecule has 7 heteroatoms. The monoisotopic (exact) mass is 366 g/mol. The summed E-state index contributed by atoms with van der Waals surface area (Å²) in [4.78, 5) is 11.3. The zero-order chi connectivity index (χ0) is 17.9. The Balaban J connectivity index is 1.44. The van der Waals surface area contributed by atoms with E-state index in [1.165, 1.54) is 4.70 Å². The number of aromatic nitrogens is 3. The van der Waals surface area contributed by atoms with E-state index in [9.17, 15) is 0 Å². The number of hydrogen-bond donors (Lipinski definition) is 0. The first-order chi connectivity index (χ1) is 12.7. The minimum atomic E-state index is 0.562. The van der Waals surface area contributed by atoms with Gasteiger partial charge in [0.2, 0.25) is 11.7 Å². The molecule has 0 atom stereocenters. The molecule has 2 aromatic carbocycles. The summed E-state index contributed by atoms with van der Waals surface area (Å²) in [6, 6.07) is 15.8. The SMILES string of the molecule is COc1cccc(-c2noc(CN(C)Cc3nc4ccccc4s3)n2)c1. The average Bonchev–Trinajstić information content (AvgIpc) is 3.28. The molecule has 4 rings (SSSR count). The lowest BCUT2D eigenvalue weighted by Gasteiger charge is -2.11. The largest absolute Gasteiger partial charge is 0.497 e. The molecule has 0 bridgehead atoms. The lowest BCUT2D eigenvalue weighted by Crippen LogP contribution is -2.17. The molecule has 4 aromatic rings. The third-order valence-corrected chi connectivity index (χ3v) is 4.97. The molecule has 0 aliphatic carbocycles. The predicted molar refractivity (Wildman–Crippen MR) is 101 cm³/mol. The van der Waals surface area contributed by atoms with Gasteiger partial charge >= 0.3 is 0 Å². The van der Waals surface area contributed by atoms with Gasteiger partial charge in [0.25, 0.3) is 0 Å². The molecule has 0 fully saturated rings. The molecule has 0 aliphatic rings. The highest BCUT2D eigenvalue weighted by molar-refractivity contribution is 7.18. The minimum absolute atomic E-state index is 0.562. The molecule has 0 unspecified atom stereocenters. The fourth-order valence-corrected chi connectivity index (χ4v) is 3.75. The third kappa shape index (κ3) is 3.58. The third-order valence-electron chi connectivity index (χ3n) is 3.94. The van der Waals surface area contributed by atoms with Gasteiger partial charge in [0.05, 0.1) is 30.4 Å². The maximum absolute atomic E-state index is 5.40. The Morgan fingerprint density at radius 1 is 1.08 bits per heavy atom.